The van der Waals surface area contributed by atoms with Gasteiger partial charge >= 0.3 is 12.3 Å². The van der Waals surface area contributed by atoms with Gasteiger partial charge in [-0.2, -0.15) is 13.2 Å². The summed E-state index contributed by atoms with van der Waals surface area (Å²) in [4.78, 5) is 43.7. The Balaban J connectivity index is 1.51. The lowest BCUT2D eigenvalue weighted by atomic mass is 9.81. The average molecular weight is 614 g/mol. The number of carbonyl (C=O) groups is 3. The van der Waals surface area contributed by atoms with Crippen LogP contribution in [0.5, 0.6) is 0 Å². The topological polar surface area (TPSA) is 139 Å². The predicted octanol–water partition coefficient (Wildman–Crippen LogP) is 5.93. The minimum atomic E-state index is -4.75. The van der Waals surface area contributed by atoms with Gasteiger partial charge in [0.1, 0.15) is 22.8 Å². The summed E-state index contributed by atoms with van der Waals surface area (Å²) in [5.74, 6) is -1.13. The third-order valence-corrected chi connectivity index (χ3v) is 7.53. The second-order valence-corrected chi connectivity index (χ2v) is 12.1. The lowest BCUT2D eigenvalue weighted by Crippen LogP contribution is -2.39. The Kier molecular flexibility index (Phi) is 10.0. The zero-order valence-corrected chi connectivity index (χ0v) is 25.0. The first kappa shape index (κ1) is 32.6. The molecule has 0 saturated heterocycles. The summed E-state index contributed by atoms with van der Waals surface area (Å²) in [6.07, 6.45) is -2.45. The number of alkyl halides is 3. The van der Waals surface area contributed by atoms with Crippen molar-refractivity contribution in [3.8, 4) is 11.3 Å². The molecule has 0 bridgehead atoms. The van der Waals surface area contributed by atoms with E-state index in [2.05, 4.69) is 20.6 Å². The number of aromatic amines is 1. The number of hydrogen-bond donors (Lipinski definition) is 4. The van der Waals surface area contributed by atoms with Crippen molar-refractivity contribution in [2.75, 3.05) is 6.54 Å². The first-order valence-corrected chi connectivity index (χ1v) is 14.6. The van der Waals surface area contributed by atoms with Crippen LogP contribution in [-0.4, -0.2) is 40.0 Å². The quantitative estimate of drug-likeness (QED) is 0.237. The Morgan fingerprint density at radius 2 is 1.64 bits per heavy atom. The van der Waals surface area contributed by atoms with Crippen LogP contribution in [0.1, 0.15) is 79.9 Å². The van der Waals surface area contributed by atoms with Gasteiger partial charge in [0.15, 0.2) is 0 Å². The highest BCUT2D eigenvalue weighted by molar-refractivity contribution is 5.93. The molecule has 1 aliphatic carbocycles. The molecule has 1 saturated carbocycles. The molecule has 0 radical (unpaired) electrons. The highest BCUT2D eigenvalue weighted by atomic mass is 19.4. The fourth-order valence-electron chi connectivity index (χ4n) is 5.29. The van der Waals surface area contributed by atoms with Gasteiger partial charge in [-0.05, 0) is 76.5 Å². The number of rotatable bonds is 9. The van der Waals surface area contributed by atoms with E-state index < -0.39 is 35.5 Å². The van der Waals surface area contributed by atoms with Crippen molar-refractivity contribution < 1.29 is 32.3 Å². The first-order chi connectivity index (χ1) is 20.7. The molecule has 1 heterocycles. The highest BCUT2D eigenvalue weighted by Crippen LogP contribution is 2.37. The van der Waals surface area contributed by atoms with Crippen LogP contribution < -0.4 is 16.4 Å². The molecule has 12 heteroatoms. The molecular weight excluding hydrogens is 575 g/mol. The summed E-state index contributed by atoms with van der Waals surface area (Å²) in [6, 6.07) is 13.7. The number of imidazole rings is 1. The fraction of sp³-hybridized carbons (Fsp3) is 0.438. The second-order valence-electron chi connectivity index (χ2n) is 12.1. The monoisotopic (exact) mass is 613 g/mol. The molecule has 0 spiro atoms. The molecule has 2 aromatic carbocycles. The lowest BCUT2D eigenvalue weighted by Gasteiger charge is -2.29. The van der Waals surface area contributed by atoms with Crippen LogP contribution in [0.25, 0.3) is 11.3 Å². The molecule has 0 aliphatic heterocycles. The number of amides is 3. The van der Waals surface area contributed by atoms with Gasteiger partial charge in [-0.25, -0.2) is 9.78 Å². The van der Waals surface area contributed by atoms with E-state index in [0.29, 0.717) is 32.2 Å². The minimum absolute atomic E-state index is 0.0289. The Morgan fingerprint density at radius 3 is 2.20 bits per heavy atom. The number of hydrogen-bond acceptors (Lipinski definition) is 5. The summed E-state index contributed by atoms with van der Waals surface area (Å²) >= 11 is 0. The molecule has 1 aliphatic rings. The average Bonchev–Trinajstić information content (AvgIpc) is 3.42. The van der Waals surface area contributed by atoms with E-state index >= 15 is 0 Å². The summed E-state index contributed by atoms with van der Waals surface area (Å²) in [5, 5.41) is 5.75. The van der Waals surface area contributed by atoms with Gasteiger partial charge in [-0.15, -0.1) is 0 Å². The maximum atomic E-state index is 14.2. The number of H-pyrrole nitrogens is 1. The Labute approximate surface area is 254 Å². The van der Waals surface area contributed by atoms with Crippen molar-refractivity contribution in [3.63, 3.8) is 0 Å². The van der Waals surface area contributed by atoms with Gasteiger partial charge in [0.25, 0.3) is 0 Å². The smallest absolute Gasteiger partial charge is 0.433 e. The lowest BCUT2D eigenvalue weighted by molar-refractivity contribution is -0.140. The molecule has 3 amide bonds. The van der Waals surface area contributed by atoms with Crippen molar-refractivity contribution in [3.05, 3.63) is 77.2 Å². The van der Waals surface area contributed by atoms with E-state index in [9.17, 15) is 27.6 Å². The van der Waals surface area contributed by atoms with E-state index in [0.717, 1.165) is 5.56 Å². The van der Waals surface area contributed by atoms with Gasteiger partial charge in [0, 0.05) is 23.6 Å². The van der Waals surface area contributed by atoms with Crippen LogP contribution in [-0.2, 0) is 22.1 Å². The number of nitrogens with one attached hydrogen (secondary N) is 3. The number of alkyl carbamates (subject to hydrolysis) is 1. The van der Waals surface area contributed by atoms with Gasteiger partial charge in [0.05, 0.1) is 6.04 Å². The number of halogens is 3. The van der Waals surface area contributed by atoms with Gasteiger partial charge in [-0.1, -0.05) is 42.5 Å². The zero-order chi connectivity index (χ0) is 32.1. The SMILES string of the molecule is CC(C)(C)OC(=O)NCC1CCC(C(=O)N[C@@H](Cc2ccccc2)c2nc(-c3ccc(C(N)=O)cc3)c(C(F)(F)F)[nH]2)CC1. The first-order valence-electron chi connectivity index (χ1n) is 14.6. The largest absolute Gasteiger partial charge is 0.444 e. The maximum Gasteiger partial charge on any atom is 0.433 e. The van der Waals surface area contributed by atoms with E-state index in [1.54, 1.807) is 20.8 Å². The van der Waals surface area contributed by atoms with Crippen molar-refractivity contribution in [1.29, 1.82) is 0 Å². The molecule has 4 rings (SSSR count). The number of benzene rings is 2. The molecule has 1 aromatic heterocycles. The number of nitrogens with two attached hydrogens (primary N) is 1. The second kappa shape index (κ2) is 13.5. The standard InChI is InChI=1S/C32H38F3N5O4/c1-31(2,3)44-30(43)37-18-20-9-11-23(12-10-20)29(42)38-24(17-19-7-5-4-6-8-19)28-39-25(26(40-28)32(33,34)35)21-13-15-22(16-14-21)27(36)41/h4-8,13-16,20,23-24H,9-12,17-18H2,1-3H3,(H2,36,41)(H,37,43)(H,38,42)(H,39,40)/t20?,23?,24-/m0/s1. The molecule has 44 heavy (non-hydrogen) atoms. The Bertz CT molecular complexity index is 1440. The van der Waals surface area contributed by atoms with Crippen LogP contribution in [0.3, 0.4) is 0 Å². The Hall–Kier alpha value is -4.35. The highest BCUT2D eigenvalue weighted by Gasteiger charge is 2.39. The molecule has 236 valence electrons. The molecule has 0 unspecified atom stereocenters. The number of ether oxygens (including phenoxy) is 1. The maximum absolute atomic E-state index is 14.2. The molecular formula is C32H38F3N5O4. The Morgan fingerprint density at radius 1 is 1.00 bits per heavy atom. The summed E-state index contributed by atoms with van der Waals surface area (Å²) in [7, 11) is 0. The summed E-state index contributed by atoms with van der Waals surface area (Å²) in [5.41, 5.74) is 4.41. The minimum Gasteiger partial charge on any atom is -0.444 e. The van der Waals surface area contributed by atoms with Crippen molar-refractivity contribution in [2.24, 2.45) is 17.6 Å². The van der Waals surface area contributed by atoms with Crippen LogP contribution >= 0.6 is 0 Å². The molecule has 3 aromatic rings. The molecule has 9 nitrogen and oxygen atoms in total. The van der Waals surface area contributed by atoms with Crippen molar-refractivity contribution in [2.45, 2.75) is 70.7 Å². The zero-order valence-electron chi connectivity index (χ0n) is 25.0. The van der Waals surface area contributed by atoms with Crippen LogP contribution in [0, 0.1) is 11.8 Å². The normalized spacial score (nSPS) is 17.9. The van der Waals surface area contributed by atoms with Gasteiger partial charge < -0.3 is 26.1 Å². The molecule has 1 atom stereocenters. The third kappa shape index (κ3) is 8.84. The molecule has 5 N–H and O–H groups in total. The number of aromatic nitrogens is 2. The van der Waals surface area contributed by atoms with Crippen LogP contribution in [0.4, 0.5) is 18.0 Å². The number of primary amides is 1. The summed E-state index contributed by atoms with van der Waals surface area (Å²) < 4.78 is 47.8. The van der Waals surface area contributed by atoms with Crippen LogP contribution in [0.2, 0.25) is 0 Å². The van der Waals surface area contributed by atoms with Crippen LogP contribution in [0.15, 0.2) is 54.6 Å². The van der Waals surface area contributed by atoms with Crippen molar-refractivity contribution in [1.82, 2.24) is 20.6 Å². The predicted molar refractivity (Wildman–Crippen MR) is 158 cm³/mol. The van der Waals surface area contributed by atoms with Gasteiger partial charge in [-0.3, -0.25) is 9.59 Å². The van der Waals surface area contributed by atoms with E-state index in [4.69, 9.17) is 10.5 Å². The summed E-state index contributed by atoms with van der Waals surface area (Å²) in [6.45, 7) is 5.81. The third-order valence-electron chi connectivity index (χ3n) is 7.53. The molecule has 1 fully saturated rings. The number of carbonyl (C=O) groups excluding carboxylic acids is 3. The van der Waals surface area contributed by atoms with E-state index in [1.165, 1.54) is 24.3 Å². The van der Waals surface area contributed by atoms with Gasteiger partial charge in [0.2, 0.25) is 11.8 Å². The number of nitrogens with zero attached hydrogens (tertiary/aromatic N) is 1. The van der Waals surface area contributed by atoms with Crippen molar-refractivity contribution >= 4 is 17.9 Å². The van der Waals surface area contributed by atoms with E-state index in [-0.39, 0.29) is 46.8 Å². The fourth-order valence-corrected chi connectivity index (χ4v) is 5.29. The van der Waals surface area contributed by atoms with E-state index in [1.807, 2.05) is 30.3 Å².